The largest absolute Gasteiger partial charge is 0.463 e. The lowest BCUT2D eigenvalue weighted by Crippen LogP contribution is -2.60. The fraction of sp³-hybridized carbons (Fsp3) is 0.429. The Morgan fingerprint density at radius 3 is 2.94 bits per heavy atom. The third-order valence-electron chi connectivity index (χ3n) is 4.96. The standard InChI is InChI=1S/C21H24ClN3O5S/c22-16-6-2-1-4-14(16)7-8-18(26)24-21(31)25-10-9-23-20(28)17(25)12-19(27)30-13-15-5-3-11-29-15/h1-2,4,6-8,15,17H,3,5,9-13H2,(H,23,28)(H,24,26,31)/b8-7+. The van der Waals surface area contributed by atoms with Crippen molar-refractivity contribution in [3.8, 4) is 0 Å². The number of carbonyl (C=O) groups is 3. The highest BCUT2D eigenvalue weighted by molar-refractivity contribution is 7.80. The highest BCUT2D eigenvalue weighted by Crippen LogP contribution is 2.16. The Morgan fingerprint density at radius 1 is 1.39 bits per heavy atom. The van der Waals surface area contributed by atoms with Crippen LogP contribution in [0.25, 0.3) is 6.08 Å². The summed E-state index contributed by atoms with van der Waals surface area (Å²) in [5.41, 5.74) is 0.689. The van der Waals surface area contributed by atoms with E-state index in [1.54, 1.807) is 24.3 Å². The van der Waals surface area contributed by atoms with Crippen LogP contribution < -0.4 is 10.6 Å². The van der Waals surface area contributed by atoms with Crippen molar-refractivity contribution >= 4 is 52.8 Å². The smallest absolute Gasteiger partial charge is 0.308 e. The van der Waals surface area contributed by atoms with Crippen molar-refractivity contribution in [2.45, 2.75) is 31.4 Å². The van der Waals surface area contributed by atoms with Crippen molar-refractivity contribution < 1.29 is 23.9 Å². The summed E-state index contributed by atoms with van der Waals surface area (Å²) in [7, 11) is 0. The van der Waals surface area contributed by atoms with Crippen molar-refractivity contribution in [3.05, 3.63) is 40.9 Å². The summed E-state index contributed by atoms with van der Waals surface area (Å²) >= 11 is 11.4. The van der Waals surface area contributed by atoms with Crippen LogP contribution >= 0.6 is 23.8 Å². The van der Waals surface area contributed by atoms with E-state index in [9.17, 15) is 14.4 Å². The fourth-order valence-corrected chi connectivity index (χ4v) is 3.85. The quantitative estimate of drug-likeness (QED) is 0.374. The summed E-state index contributed by atoms with van der Waals surface area (Å²) < 4.78 is 10.7. The zero-order valence-corrected chi connectivity index (χ0v) is 18.4. The molecule has 2 fully saturated rings. The highest BCUT2D eigenvalue weighted by Gasteiger charge is 2.34. The van der Waals surface area contributed by atoms with E-state index in [1.165, 1.54) is 11.0 Å². The van der Waals surface area contributed by atoms with E-state index < -0.39 is 17.9 Å². The number of amides is 2. The highest BCUT2D eigenvalue weighted by atomic mass is 35.5. The van der Waals surface area contributed by atoms with Crippen LogP contribution in [-0.2, 0) is 23.9 Å². The Kier molecular flexibility index (Phi) is 8.39. The number of rotatable bonds is 6. The van der Waals surface area contributed by atoms with E-state index in [2.05, 4.69) is 10.6 Å². The van der Waals surface area contributed by atoms with Crippen molar-refractivity contribution in [1.82, 2.24) is 15.5 Å². The van der Waals surface area contributed by atoms with Gasteiger partial charge in [0.1, 0.15) is 12.6 Å². The molecule has 2 saturated heterocycles. The van der Waals surface area contributed by atoms with Gasteiger partial charge in [0, 0.05) is 30.8 Å². The van der Waals surface area contributed by atoms with Gasteiger partial charge in [0.2, 0.25) is 11.8 Å². The van der Waals surface area contributed by atoms with Crippen molar-refractivity contribution in [3.63, 3.8) is 0 Å². The maximum absolute atomic E-state index is 12.4. The maximum atomic E-state index is 12.4. The lowest BCUT2D eigenvalue weighted by atomic mass is 10.1. The first-order chi connectivity index (χ1) is 14.9. The minimum atomic E-state index is -0.855. The number of piperazine rings is 1. The van der Waals surface area contributed by atoms with E-state index >= 15 is 0 Å². The number of benzene rings is 1. The molecule has 2 N–H and O–H groups in total. The molecule has 0 saturated carbocycles. The van der Waals surface area contributed by atoms with Crippen LogP contribution in [0.3, 0.4) is 0 Å². The average Bonchev–Trinajstić information content (AvgIpc) is 3.27. The summed E-state index contributed by atoms with van der Waals surface area (Å²) in [6.07, 6.45) is 4.40. The summed E-state index contributed by atoms with van der Waals surface area (Å²) in [6, 6.07) is 6.24. The molecule has 1 aromatic rings. The number of carbonyl (C=O) groups excluding carboxylic acids is 3. The molecule has 166 valence electrons. The topological polar surface area (TPSA) is 97.0 Å². The second-order valence-corrected chi connectivity index (χ2v) is 7.97. The predicted molar refractivity (Wildman–Crippen MR) is 119 cm³/mol. The number of hydrogen-bond acceptors (Lipinski definition) is 6. The first-order valence-electron chi connectivity index (χ1n) is 10.0. The first-order valence-corrected chi connectivity index (χ1v) is 10.8. The molecule has 0 aliphatic carbocycles. The fourth-order valence-electron chi connectivity index (χ4n) is 3.33. The molecule has 2 amide bonds. The predicted octanol–water partition coefficient (Wildman–Crippen LogP) is 1.67. The Labute approximate surface area is 190 Å². The zero-order valence-electron chi connectivity index (χ0n) is 16.8. The molecule has 0 spiro atoms. The second kappa shape index (κ2) is 11.2. The number of thiocarbonyl (C=S) groups is 1. The first kappa shape index (κ1) is 23.2. The monoisotopic (exact) mass is 465 g/mol. The van der Waals surface area contributed by atoms with Crippen molar-refractivity contribution in [2.24, 2.45) is 0 Å². The zero-order chi connectivity index (χ0) is 22.2. The van der Waals surface area contributed by atoms with Crippen LogP contribution in [0, 0.1) is 0 Å². The number of nitrogens with zero attached hydrogens (tertiary/aromatic N) is 1. The van der Waals surface area contributed by atoms with Crippen LogP contribution in [0.5, 0.6) is 0 Å². The van der Waals surface area contributed by atoms with Gasteiger partial charge in [-0.25, -0.2) is 0 Å². The lowest BCUT2D eigenvalue weighted by Gasteiger charge is -2.36. The molecule has 2 atom stereocenters. The summed E-state index contributed by atoms with van der Waals surface area (Å²) in [5, 5.41) is 5.88. The van der Waals surface area contributed by atoms with E-state index in [0.717, 1.165) is 12.8 Å². The van der Waals surface area contributed by atoms with Gasteiger partial charge in [-0.15, -0.1) is 0 Å². The van der Waals surface area contributed by atoms with Gasteiger partial charge in [-0.2, -0.15) is 0 Å². The Morgan fingerprint density at radius 2 is 2.19 bits per heavy atom. The molecule has 1 aromatic carbocycles. The van der Waals surface area contributed by atoms with Crippen LogP contribution in [0.15, 0.2) is 30.3 Å². The molecule has 0 radical (unpaired) electrons. The molecule has 8 nitrogen and oxygen atoms in total. The normalized spacial score (nSPS) is 21.1. The molecule has 2 aliphatic heterocycles. The molecule has 3 rings (SSSR count). The third-order valence-corrected chi connectivity index (χ3v) is 5.64. The number of ether oxygens (including phenoxy) is 2. The van der Waals surface area contributed by atoms with Gasteiger partial charge >= 0.3 is 5.97 Å². The lowest BCUT2D eigenvalue weighted by molar-refractivity contribution is -0.150. The summed E-state index contributed by atoms with van der Waals surface area (Å²) in [5.74, 6) is -1.32. The Hall–Kier alpha value is -2.49. The minimum absolute atomic E-state index is 0.0700. The van der Waals surface area contributed by atoms with E-state index in [0.29, 0.717) is 30.3 Å². The molecule has 31 heavy (non-hydrogen) atoms. The minimum Gasteiger partial charge on any atom is -0.463 e. The summed E-state index contributed by atoms with van der Waals surface area (Å²) in [6.45, 7) is 1.55. The Balaban J connectivity index is 1.55. The van der Waals surface area contributed by atoms with Crippen LogP contribution in [0.2, 0.25) is 5.02 Å². The molecule has 0 aromatic heterocycles. The maximum Gasteiger partial charge on any atom is 0.308 e. The van der Waals surface area contributed by atoms with E-state index in [1.807, 2.05) is 6.07 Å². The van der Waals surface area contributed by atoms with Crippen molar-refractivity contribution in [2.75, 3.05) is 26.3 Å². The molecule has 0 bridgehead atoms. The number of nitrogens with one attached hydrogen (secondary N) is 2. The van der Waals surface area contributed by atoms with Gasteiger partial charge in [0.15, 0.2) is 5.11 Å². The molecular formula is C21H24ClN3O5S. The molecule has 10 heteroatoms. The van der Waals surface area contributed by atoms with Crippen LogP contribution in [0.4, 0.5) is 0 Å². The van der Waals surface area contributed by atoms with Gasteiger partial charge in [-0.3, -0.25) is 19.7 Å². The molecule has 2 aliphatic rings. The van der Waals surface area contributed by atoms with Gasteiger partial charge in [-0.05, 0) is 42.8 Å². The van der Waals surface area contributed by atoms with Gasteiger partial charge < -0.3 is 19.7 Å². The van der Waals surface area contributed by atoms with Crippen LogP contribution in [0.1, 0.15) is 24.8 Å². The molecule has 2 unspecified atom stereocenters. The number of hydrogen-bond donors (Lipinski definition) is 2. The van der Waals surface area contributed by atoms with Crippen molar-refractivity contribution in [1.29, 1.82) is 0 Å². The van der Waals surface area contributed by atoms with Gasteiger partial charge in [-0.1, -0.05) is 29.8 Å². The molecular weight excluding hydrogens is 442 g/mol. The van der Waals surface area contributed by atoms with Gasteiger partial charge in [0.25, 0.3) is 0 Å². The SMILES string of the molecule is O=C(/C=C/c1ccccc1Cl)NC(=S)N1CCNC(=O)C1CC(=O)OCC1CCCO1. The van der Waals surface area contributed by atoms with Gasteiger partial charge in [0.05, 0.1) is 12.5 Å². The third kappa shape index (κ3) is 6.75. The second-order valence-electron chi connectivity index (χ2n) is 7.17. The van der Waals surface area contributed by atoms with E-state index in [-0.39, 0.29) is 30.2 Å². The molecule has 2 heterocycles. The average molecular weight is 466 g/mol. The van der Waals surface area contributed by atoms with Crippen LogP contribution in [-0.4, -0.2) is 66.2 Å². The summed E-state index contributed by atoms with van der Waals surface area (Å²) in [4.78, 5) is 38.4. The van der Waals surface area contributed by atoms with E-state index in [4.69, 9.17) is 33.3 Å². The number of halogens is 1. The Bertz CT molecular complexity index is 872. The number of esters is 1.